The number of benzene rings is 2. The third-order valence-corrected chi connectivity index (χ3v) is 6.22. The molecular formula is C27H29NO4S. The van der Waals surface area contributed by atoms with Crippen molar-refractivity contribution >= 4 is 34.3 Å². The number of carbonyl (C=O) groups excluding carboxylic acids is 2. The number of hydrogen-bond donors (Lipinski definition) is 1. The van der Waals surface area contributed by atoms with Crippen molar-refractivity contribution in [3.63, 3.8) is 0 Å². The van der Waals surface area contributed by atoms with Crippen LogP contribution in [-0.4, -0.2) is 25.6 Å². The Kier molecular flexibility index (Phi) is 8.06. The summed E-state index contributed by atoms with van der Waals surface area (Å²) < 4.78 is 10.5. The lowest BCUT2D eigenvalue weighted by atomic mass is 10.0. The Labute approximate surface area is 199 Å². The summed E-state index contributed by atoms with van der Waals surface area (Å²) in [7, 11) is 1.34. The van der Waals surface area contributed by atoms with E-state index in [4.69, 9.17) is 9.47 Å². The van der Waals surface area contributed by atoms with Gasteiger partial charge in [-0.3, -0.25) is 4.79 Å². The molecule has 0 unspecified atom stereocenters. The summed E-state index contributed by atoms with van der Waals surface area (Å²) in [6.45, 7) is 8.71. The summed E-state index contributed by atoms with van der Waals surface area (Å²) in [4.78, 5) is 26.2. The van der Waals surface area contributed by atoms with Crippen molar-refractivity contribution < 1.29 is 19.1 Å². The van der Waals surface area contributed by atoms with Crippen molar-refractivity contribution in [1.82, 2.24) is 0 Å². The number of thiophene rings is 1. The SMILES string of the molecule is CCOc1ccc(-c2c(C)sc(NC(=O)C=Cc3ccc(C(C)C)cc3)c2C(=O)OC)cc1. The standard InChI is InChI=1S/C27H29NO4S/c1-6-32-22-14-12-21(13-15-22)24-18(4)33-26(25(24)27(30)31-5)28-23(29)16-9-19-7-10-20(11-8-19)17(2)3/h7-17H,6H2,1-5H3,(H,28,29). The fraction of sp³-hybridized carbons (Fsp3) is 0.259. The number of nitrogens with one attached hydrogen (secondary N) is 1. The first-order chi connectivity index (χ1) is 15.8. The normalized spacial score (nSPS) is 11.1. The van der Waals surface area contributed by atoms with Crippen molar-refractivity contribution in [3.05, 3.63) is 76.2 Å². The quantitative estimate of drug-likeness (QED) is 0.299. The lowest BCUT2D eigenvalue weighted by molar-refractivity contribution is -0.111. The molecule has 0 aliphatic carbocycles. The molecule has 3 rings (SSSR count). The van der Waals surface area contributed by atoms with Gasteiger partial charge in [-0.15, -0.1) is 11.3 Å². The van der Waals surface area contributed by atoms with Gasteiger partial charge in [0.1, 0.15) is 16.3 Å². The van der Waals surface area contributed by atoms with Crippen LogP contribution in [-0.2, 0) is 9.53 Å². The fourth-order valence-electron chi connectivity index (χ4n) is 3.48. The van der Waals surface area contributed by atoms with Crippen LogP contribution in [0.5, 0.6) is 5.75 Å². The molecule has 172 valence electrons. The van der Waals surface area contributed by atoms with Gasteiger partial charge in [-0.2, -0.15) is 0 Å². The van der Waals surface area contributed by atoms with Crippen molar-refractivity contribution in [2.24, 2.45) is 0 Å². The highest BCUT2D eigenvalue weighted by atomic mass is 32.1. The van der Waals surface area contributed by atoms with E-state index in [0.29, 0.717) is 23.1 Å². The maximum atomic E-state index is 12.6. The first-order valence-electron chi connectivity index (χ1n) is 10.9. The van der Waals surface area contributed by atoms with Gasteiger partial charge in [-0.1, -0.05) is 50.2 Å². The first-order valence-corrected chi connectivity index (χ1v) is 11.7. The molecule has 0 fully saturated rings. The average Bonchev–Trinajstić information content (AvgIpc) is 3.13. The third kappa shape index (κ3) is 5.90. The van der Waals surface area contributed by atoms with E-state index in [2.05, 4.69) is 31.3 Å². The molecule has 33 heavy (non-hydrogen) atoms. The molecule has 0 aliphatic heterocycles. The van der Waals surface area contributed by atoms with Crippen LogP contribution in [0.2, 0.25) is 0 Å². The predicted octanol–water partition coefficient (Wildman–Crippen LogP) is 6.68. The zero-order valence-electron chi connectivity index (χ0n) is 19.6. The first kappa shape index (κ1) is 24.3. The van der Waals surface area contributed by atoms with Crippen LogP contribution in [0.25, 0.3) is 17.2 Å². The molecule has 0 aliphatic rings. The number of methoxy groups -OCH3 is 1. The summed E-state index contributed by atoms with van der Waals surface area (Å²) >= 11 is 1.35. The highest BCUT2D eigenvalue weighted by Crippen LogP contribution is 2.40. The van der Waals surface area contributed by atoms with Gasteiger partial charge in [0.25, 0.3) is 0 Å². The van der Waals surface area contributed by atoms with Gasteiger partial charge in [-0.05, 0) is 54.7 Å². The summed E-state index contributed by atoms with van der Waals surface area (Å²) in [5.74, 6) is 0.405. The molecule has 0 bridgehead atoms. The summed E-state index contributed by atoms with van der Waals surface area (Å²) in [5.41, 5.74) is 4.13. The number of anilines is 1. The van der Waals surface area contributed by atoms with E-state index in [1.54, 1.807) is 6.08 Å². The van der Waals surface area contributed by atoms with Gasteiger partial charge in [0.2, 0.25) is 5.91 Å². The number of ether oxygens (including phenoxy) is 2. The van der Waals surface area contributed by atoms with Crippen LogP contribution in [0.3, 0.4) is 0 Å². The number of hydrogen-bond acceptors (Lipinski definition) is 5. The highest BCUT2D eigenvalue weighted by Gasteiger charge is 2.24. The maximum absolute atomic E-state index is 12.6. The Bertz CT molecular complexity index is 1140. The van der Waals surface area contributed by atoms with E-state index in [0.717, 1.165) is 27.3 Å². The topological polar surface area (TPSA) is 64.6 Å². The van der Waals surface area contributed by atoms with Crippen LogP contribution in [0.15, 0.2) is 54.6 Å². The van der Waals surface area contributed by atoms with Crippen molar-refractivity contribution in [2.45, 2.75) is 33.6 Å². The molecule has 1 N–H and O–H groups in total. The van der Waals surface area contributed by atoms with E-state index in [9.17, 15) is 9.59 Å². The Balaban J connectivity index is 1.86. The molecule has 2 aromatic carbocycles. The smallest absolute Gasteiger partial charge is 0.341 e. The molecule has 0 spiro atoms. The van der Waals surface area contributed by atoms with Crippen molar-refractivity contribution in [3.8, 4) is 16.9 Å². The zero-order valence-corrected chi connectivity index (χ0v) is 20.4. The van der Waals surface area contributed by atoms with Gasteiger partial charge < -0.3 is 14.8 Å². The summed E-state index contributed by atoms with van der Waals surface area (Å²) in [5, 5.41) is 3.32. The summed E-state index contributed by atoms with van der Waals surface area (Å²) in [6, 6.07) is 15.6. The van der Waals surface area contributed by atoms with Crippen LogP contribution in [0.1, 0.15) is 53.1 Å². The number of rotatable bonds is 8. The Morgan fingerprint density at radius 1 is 1.06 bits per heavy atom. The molecule has 5 nitrogen and oxygen atoms in total. The van der Waals surface area contributed by atoms with Gasteiger partial charge in [0.15, 0.2) is 0 Å². The molecule has 1 heterocycles. The molecule has 0 saturated heterocycles. The van der Waals surface area contributed by atoms with Gasteiger partial charge in [0, 0.05) is 16.5 Å². The minimum Gasteiger partial charge on any atom is -0.494 e. The molecular weight excluding hydrogens is 434 g/mol. The van der Waals surface area contributed by atoms with E-state index in [1.165, 1.54) is 30.1 Å². The van der Waals surface area contributed by atoms with Crippen molar-refractivity contribution in [2.75, 3.05) is 19.0 Å². The molecule has 0 saturated carbocycles. The molecule has 3 aromatic rings. The number of esters is 1. The second-order valence-corrected chi connectivity index (χ2v) is 9.06. The second-order valence-electron chi connectivity index (χ2n) is 7.83. The number of aryl methyl sites for hydroxylation is 1. The zero-order chi connectivity index (χ0) is 24.0. The summed E-state index contributed by atoms with van der Waals surface area (Å²) in [6.07, 6.45) is 3.22. The second kappa shape index (κ2) is 11.0. The van der Waals surface area contributed by atoms with Crippen LogP contribution in [0.4, 0.5) is 5.00 Å². The molecule has 0 atom stereocenters. The Morgan fingerprint density at radius 2 is 1.73 bits per heavy atom. The molecule has 6 heteroatoms. The third-order valence-electron chi connectivity index (χ3n) is 5.19. The molecule has 1 amide bonds. The Hall–Kier alpha value is -3.38. The largest absolute Gasteiger partial charge is 0.494 e. The van der Waals surface area contributed by atoms with Gasteiger partial charge in [-0.25, -0.2) is 4.79 Å². The molecule has 0 radical (unpaired) electrons. The van der Waals surface area contributed by atoms with Crippen LogP contribution >= 0.6 is 11.3 Å². The molecule has 1 aromatic heterocycles. The predicted molar refractivity (Wildman–Crippen MR) is 135 cm³/mol. The van der Waals surface area contributed by atoms with Gasteiger partial charge in [0.05, 0.1) is 13.7 Å². The van der Waals surface area contributed by atoms with Crippen molar-refractivity contribution in [1.29, 1.82) is 0 Å². The fourth-order valence-corrected chi connectivity index (χ4v) is 4.55. The monoisotopic (exact) mass is 463 g/mol. The maximum Gasteiger partial charge on any atom is 0.341 e. The number of carbonyl (C=O) groups is 2. The van der Waals surface area contributed by atoms with Crippen LogP contribution < -0.4 is 10.1 Å². The lowest BCUT2D eigenvalue weighted by Crippen LogP contribution is -2.11. The van der Waals surface area contributed by atoms with E-state index in [-0.39, 0.29) is 5.91 Å². The van der Waals surface area contributed by atoms with E-state index in [1.807, 2.05) is 50.2 Å². The minimum absolute atomic E-state index is 0.312. The number of amides is 1. The minimum atomic E-state index is -0.494. The Morgan fingerprint density at radius 3 is 2.30 bits per heavy atom. The van der Waals surface area contributed by atoms with Crippen LogP contribution in [0, 0.1) is 6.92 Å². The van der Waals surface area contributed by atoms with E-state index < -0.39 is 5.97 Å². The highest BCUT2D eigenvalue weighted by molar-refractivity contribution is 7.17. The van der Waals surface area contributed by atoms with Gasteiger partial charge >= 0.3 is 5.97 Å². The van der Waals surface area contributed by atoms with E-state index >= 15 is 0 Å². The average molecular weight is 464 g/mol. The lowest BCUT2D eigenvalue weighted by Gasteiger charge is -2.09.